The van der Waals surface area contributed by atoms with Crippen molar-refractivity contribution < 1.29 is 7.42 Å². The molecule has 2 aromatic carbocycles. The molecule has 58 heavy (non-hydrogen) atoms. The molecule has 2 nitrogen and oxygen atoms in total. The van der Waals surface area contributed by atoms with E-state index in [-0.39, 0.29) is 0 Å². The number of allylic oxidation sites excluding steroid dienone is 1. The van der Waals surface area contributed by atoms with Crippen LogP contribution >= 0.6 is 0 Å². The van der Waals surface area contributed by atoms with Crippen molar-refractivity contribution in [3.8, 4) is 0 Å². The predicted molar refractivity (Wildman–Crippen MR) is 286 cm³/mol. The Kier molecular flexibility index (Phi) is 16.2. The Morgan fingerprint density at radius 1 is 0.466 bits per heavy atom. The number of rotatable bonds is 14. The number of hydrogen-bond acceptors (Lipinski definition) is 2. The fourth-order valence-electron chi connectivity index (χ4n) is 12.4. The molecule has 2 unspecified atom stereocenters. The van der Waals surface area contributed by atoms with Gasteiger partial charge in [-0.3, -0.25) is 0 Å². The third-order valence-electron chi connectivity index (χ3n) is 13.1. The maximum absolute atomic E-state index is 15.1. The fraction of sp³-hybridized carbons (Fsp3) is 0.708. The molecule has 3 rings (SSSR count). The zero-order valence-electron chi connectivity index (χ0n) is 42.9. The summed E-state index contributed by atoms with van der Waals surface area (Å²) < 4.78 is 26.2. The van der Waals surface area contributed by atoms with E-state index < -0.39 is 73.1 Å². The van der Waals surface area contributed by atoms with E-state index in [4.69, 9.17) is 3.21 Å². The van der Waals surface area contributed by atoms with Crippen LogP contribution in [0.5, 0.6) is 0 Å². The summed E-state index contributed by atoms with van der Waals surface area (Å²) in [7, 11) is -10.7. The van der Waals surface area contributed by atoms with Crippen LogP contribution < -0.4 is 8.79 Å². The summed E-state index contributed by atoms with van der Waals surface area (Å²) in [6.45, 7) is 67.0. The molecule has 0 N–H and O–H groups in total. The Balaban J connectivity index is 3.13. The van der Waals surface area contributed by atoms with Crippen molar-refractivity contribution in [2.45, 2.75) is 212 Å². The normalized spacial score (nSPS) is 19.8. The van der Waals surface area contributed by atoms with Crippen LogP contribution in [0.3, 0.4) is 0 Å². The molecule has 330 valence electrons. The van der Waals surface area contributed by atoms with Crippen molar-refractivity contribution >= 4 is 81.9 Å². The molecule has 0 fully saturated rings. The molecule has 1 heterocycles. The van der Waals surface area contributed by atoms with Crippen LogP contribution in [-0.4, -0.2) is 72.0 Å². The van der Waals surface area contributed by atoms with Crippen molar-refractivity contribution in [3.63, 3.8) is 0 Å². The molecule has 0 aliphatic carbocycles. The minimum atomic E-state index is -4.21. The third kappa shape index (κ3) is 11.4. The van der Waals surface area contributed by atoms with Gasteiger partial charge in [0.1, 0.15) is 0 Å². The molecule has 0 radical (unpaired) electrons. The van der Waals surface area contributed by atoms with Gasteiger partial charge >= 0.3 is 376 Å². The van der Waals surface area contributed by atoms with Crippen molar-refractivity contribution in [1.29, 1.82) is 0 Å². The topological polar surface area (TPSA) is 26.3 Å². The third-order valence-corrected chi connectivity index (χ3v) is 53.1. The molecule has 1 aliphatic rings. The van der Waals surface area contributed by atoms with Gasteiger partial charge < -0.3 is 0 Å². The van der Waals surface area contributed by atoms with E-state index in [1.165, 1.54) is 32.2 Å². The Morgan fingerprint density at radius 2 is 0.776 bits per heavy atom. The molecule has 10 heteroatoms. The summed E-state index contributed by atoms with van der Waals surface area (Å²) in [4.78, 5) is 0. The predicted octanol–water partition coefficient (Wildman–Crippen LogP) is 14.7. The summed E-state index contributed by atoms with van der Waals surface area (Å²) in [5.74, 6) is 1.59. The van der Waals surface area contributed by atoms with Crippen molar-refractivity contribution in [2.75, 3.05) is 5.75 Å². The zero-order chi connectivity index (χ0) is 45.3. The van der Waals surface area contributed by atoms with E-state index in [1.807, 2.05) is 0 Å². The van der Waals surface area contributed by atoms with Crippen molar-refractivity contribution in [3.05, 3.63) is 68.8 Å². The van der Waals surface area contributed by atoms with Crippen molar-refractivity contribution in [1.82, 2.24) is 0 Å². The molecule has 0 amide bonds. The van der Waals surface area contributed by atoms with Crippen LogP contribution in [-0.2, 0) is 14.3 Å². The molecule has 0 saturated heterocycles. The number of hydrogen-bond donors (Lipinski definition) is 0. The first-order valence-electron chi connectivity index (χ1n) is 22.9. The SMILES string of the molecule is CC1=C(C)[CH2][Ge]([c]2c(C(C)C)cc(C(C)C)cc2C(C)C)([c]2c(C([Si](C)(C)C)[Si](C)(C)C)cc(C([Si](C)(C)C)[Si](C)(C)C)cc2C([Si](C)(C)C)[Si](C)(C)C)[O]S(=O)C1. The second-order valence-corrected chi connectivity index (χ2v) is 68.2. The van der Waals surface area contributed by atoms with E-state index in [2.05, 4.69) is 198 Å². The van der Waals surface area contributed by atoms with Gasteiger partial charge in [-0.15, -0.1) is 0 Å². The number of benzene rings is 2. The Bertz CT molecular complexity index is 1730. The Morgan fingerprint density at radius 3 is 1.07 bits per heavy atom. The molecule has 2 atom stereocenters. The van der Waals surface area contributed by atoms with Gasteiger partial charge in [0.25, 0.3) is 0 Å². The zero-order valence-corrected chi connectivity index (χ0v) is 51.8. The minimum absolute atomic E-state index is 0.322. The maximum atomic E-state index is 15.1. The first-order chi connectivity index (χ1) is 25.8. The van der Waals surface area contributed by atoms with Gasteiger partial charge in [-0.05, 0) is 0 Å². The van der Waals surface area contributed by atoms with Crippen LogP contribution in [0.25, 0.3) is 0 Å². The first-order valence-corrected chi connectivity index (χ1v) is 50.0. The Hall–Kier alpha value is 0.134. The van der Waals surface area contributed by atoms with Gasteiger partial charge in [0.2, 0.25) is 0 Å². The monoisotopic (exact) mass is 974 g/mol. The van der Waals surface area contributed by atoms with Crippen LogP contribution in [0.2, 0.25) is 123 Å². The first kappa shape index (κ1) is 52.5. The second-order valence-electron chi connectivity index (χ2n) is 26.2. The van der Waals surface area contributed by atoms with E-state index in [1.54, 1.807) is 21.1 Å². The molecule has 0 bridgehead atoms. The molecular formula is C48H92GeO2SSi6. The summed E-state index contributed by atoms with van der Waals surface area (Å²) in [6, 6.07) is 10.9. The summed E-state index contributed by atoms with van der Waals surface area (Å²) in [6.07, 6.45) is 0. The van der Waals surface area contributed by atoms with Gasteiger partial charge in [-0.1, -0.05) is 0 Å². The van der Waals surface area contributed by atoms with Crippen LogP contribution in [0.15, 0.2) is 35.4 Å². The Labute approximate surface area is 372 Å². The molecule has 0 aromatic heterocycles. The quantitative estimate of drug-likeness (QED) is 0.139. The van der Waals surface area contributed by atoms with E-state index in [0.717, 1.165) is 5.25 Å². The molecular weight excluding hydrogens is 882 g/mol. The molecule has 0 spiro atoms. The van der Waals surface area contributed by atoms with Gasteiger partial charge in [0.15, 0.2) is 0 Å². The molecule has 0 saturated carbocycles. The molecule has 2 aromatic rings. The summed E-state index contributed by atoms with van der Waals surface area (Å²) in [5.41, 5.74) is 12.1. The van der Waals surface area contributed by atoms with Gasteiger partial charge in [0.05, 0.1) is 0 Å². The van der Waals surface area contributed by atoms with E-state index in [0.29, 0.717) is 39.0 Å². The fourth-order valence-corrected chi connectivity index (χ4v) is 66.6. The van der Waals surface area contributed by atoms with Crippen molar-refractivity contribution in [2.24, 2.45) is 0 Å². The standard InChI is InChI=1S/C48H92GeO2SSi6/c1-33(2)38-27-40(34(3)4)44(41(28-38)35(5)6)49(31-36(7)37(8)32-52(50)51-49)45-42(47(55(15,16)17)56(18,19)20)29-39(46(53(9,10)11)54(12,13)14)30-43(45)48(57(21,22)23)58(24,25)26/h27-30,33-35,46-48H,31-32H2,1-26H3. The summed E-state index contributed by atoms with van der Waals surface area (Å²) >= 11 is -5.63. The van der Waals surface area contributed by atoms with Crippen LogP contribution in [0.4, 0.5) is 0 Å². The second kappa shape index (κ2) is 18.0. The average Bonchev–Trinajstić information content (AvgIpc) is 3.06. The summed E-state index contributed by atoms with van der Waals surface area (Å²) in [5, 5.41) is 2.64. The van der Waals surface area contributed by atoms with Gasteiger partial charge in [-0.2, -0.15) is 0 Å². The van der Waals surface area contributed by atoms with Gasteiger partial charge in [0, 0.05) is 0 Å². The van der Waals surface area contributed by atoms with Crippen LogP contribution in [0.1, 0.15) is 122 Å². The average molecular weight is 974 g/mol. The van der Waals surface area contributed by atoms with Gasteiger partial charge in [-0.25, -0.2) is 0 Å². The van der Waals surface area contributed by atoms with E-state index in [9.17, 15) is 0 Å². The van der Waals surface area contributed by atoms with Crippen LogP contribution in [0, 0.1) is 0 Å². The van der Waals surface area contributed by atoms with E-state index >= 15 is 4.21 Å². The molecule has 1 aliphatic heterocycles.